The molecule has 0 aliphatic heterocycles. The van der Waals surface area contributed by atoms with Gasteiger partial charge in [0, 0.05) is 15.8 Å². The maximum atomic E-state index is 8.73. The highest BCUT2D eigenvalue weighted by atomic mass is 32.1. The Morgan fingerprint density at radius 3 is 2.83 bits per heavy atom. The summed E-state index contributed by atoms with van der Waals surface area (Å²) in [5.41, 5.74) is 11.5. The number of rotatable bonds is 3. The zero-order chi connectivity index (χ0) is 9.14. The van der Waals surface area contributed by atoms with Crippen molar-refractivity contribution in [2.75, 3.05) is 6.61 Å². The molecule has 0 aromatic carbocycles. The van der Waals surface area contributed by atoms with Gasteiger partial charge in [0.05, 0.1) is 12.6 Å². The molecule has 1 aromatic heterocycles. The van der Waals surface area contributed by atoms with E-state index in [0.717, 1.165) is 4.88 Å². The van der Waals surface area contributed by atoms with Crippen molar-refractivity contribution in [2.45, 2.75) is 6.04 Å². The van der Waals surface area contributed by atoms with Crippen molar-refractivity contribution in [3.8, 4) is 0 Å². The molecule has 66 valence electrons. The van der Waals surface area contributed by atoms with E-state index in [4.69, 9.17) is 22.0 Å². The number of thiophene rings is 1. The lowest BCUT2D eigenvalue weighted by Gasteiger charge is -2.02. The van der Waals surface area contributed by atoms with Crippen molar-refractivity contribution in [3.05, 3.63) is 21.9 Å². The Morgan fingerprint density at radius 1 is 1.75 bits per heavy atom. The molecule has 12 heavy (non-hydrogen) atoms. The lowest BCUT2D eigenvalue weighted by Crippen LogP contribution is -2.13. The van der Waals surface area contributed by atoms with Crippen LogP contribution in [0.3, 0.4) is 0 Å². The van der Waals surface area contributed by atoms with E-state index in [0.29, 0.717) is 5.56 Å². The summed E-state index contributed by atoms with van der Waals surface area (Å²) in [5, 5.41) is 17.6. The summed E-state index contributed by atoms with van der Waals surface area (Å²) < 4.78 is 0. The monoisotopic (exact) mass is 185 g/mol. The second kappa shape index (κ2) is 3.66. The molecule has 0 saturated heterocycles. The van der Waals surface area contributed by atoms with Gasteiger partial charge in [0.1, 0.15) is 5.84 Å². The quantitative estimate of drug-likeness (QED) is 0.395. The normalized spacial score (nSPS) is 12.8. The first-order chi connectivity index (χ1) is 5.65. The first-order valence-corrected chi connectivity index (χ1v) is 4.32. The van der Waals surface area contributed by atoms with Crippen LogP contribution in [-0.4, -0.2) is 17.5 Å². The Kier molecular flexibility index (Phi) is 2.80. The van der Waals surface area contributed by atoms with Crippen LogP contribution in [0.1, 0.15) is 16.5 Å². The van der Waals surface area contributed by atoms with Crippen molar-refractivity contribution in [2.24, 2.45) is 11.5 Å². The van der Waals surface area contributed by atoms with E-state index >= 15 is 0 Å². The fourth-order valence-electron chi connectivity index (χ4n) is 0.778. The highest BCUT2D eigenvalue weighted by Gasteiger charge is 2.08. The SMILES string of the molecule is N=C(N)c1csc([C@H](N)CO)c1. The first-order valence-electron chi connectivity index (χ1n) is 3.44. The second-order valence-corrected chi connectivity index (χ2v) is 3.38. The number of aliphatic hydroxyl groups excluding tert-OH is 1. The van der Waals surface area contributed by atoms with Gasteiger partial charge in [-0.3, -0.25) is 5.41 Å². The highest BCUT2D eigenvalue weighted by Crippen LogP contribution is 2.19. The number of hydrogen-bond acceptors (Lipinski definition) is 4. The summed E-state index contributed by atoms with van der Waals surface area (Å²) >= 11 is 1.40. The Balaban J connectivity index is 2.84. The lowest BCUT2D eigenvalue weighted by atomic mass is 10.2. The summed E-state index contributed by atoms with van der Waals surface area (Å²) in [6, 6.07) is 1.37. The number of nitrogens with two attached hydrogens (primary N) is 2. The van der Waals surface area contributed by atoms with Crippen LogP contribution in [0, 0.1) is 5.41 Å². The van der Waals surface area contributed by atoms with E-state index in [1.54, 1.807) is 11.4 Å². The zero-order valence-corrected chi connectivity index (χ0v) is 7.27. The lowest BCUT2D eigenvalue weighted by molar-refractivity contribution is 0.269. The Bertz CT molecular complexity index is 284. The second-order valence-electron chi connectivity index (χ2n) is 2.44. The van der Waals surface area contributed by atoms with Gasteiger partial charge >= 0.3 is 0 Å². The molecule has 0 amide bonds. The minimum absolute atomic E-state index is 0.0302. The van der Waals surface area contributed by atoms with Crippen LogP contribution >= 0.6 is 11.3 Å². The first kappa shape index (κ1) is 9.18. The Labute approximate surface area is 74.3 Å². The number of aliphatic hydroxyl groups is 1. The number of nitrogen functional groups attached to an aromatic ring is 1. The Morgan fingerprint density at radius 2 is 2.42 bits per heavy atom. The maximum absolute atomic E-state index is 8.73. The molecule has 4 nitrogen and oxygen atoms in total. The van der Waals surface area contributed by atoms with Crippen molar-refractivity contribution >= 4 is 17.2 Å². The summed E-state index contributed by atoms with van der Waals surface area (Å²) in [6.07, 6.45) is 0. The minimum Gasteiger partial charge on any atom is -0.394 e. The minimum atomic E-state index is -0.358. The van der Waals surface area contributed by atoms with Crippen LogP contribution in [0.5, 0.6) is 0 Å². The molecule has 1 atom stereocenters. The van der Waals surface area contributed by atoms with E-state index in [1.165, 1.54) is 11.3 Å². The molecule has 6 N–H and O–H groups in total. The average molecular weight is 185 g/mol. The molecule has 0 spiro atoms. The molecule has 0 bridgehead atoms. The smallest absolute Gasteiger partial charge is 0.123 e. The van der Waals surface area contributed by atoms with Crippen LogP contribution in [0.15, 0.2) is 11.4 Å². The third-order valence-corrected chi connectivity index (χ3v) is 2.56. The van der Waals surface area contributed by atoms with Gasteiger partial charge in [0.25, 0.3) is 0 Å². The van der Waals surface area contributed by atoms with Gasteiger partial charge in [-0.2, -0.15) is 0 Å². The fraction of sp³-hybridized carbons (Fsp3) is 0.286. The molecule has 1 aromatic rings. The number of nitrogens with one attached hydrogen (secondary N) is 1. The molecule has 0 aliphatic rings. The average Bonchev–Trinajstić information content (AvgIpc) is 2.51. The molecule has 0 radical (unpaired) electrons. The maximum Gasteiger partial charge on any atom is 0.123 e. The van der Waals surface area contributed by atoms with Gasteiger partial charge < -0.3 is 16.6 Å². The Hall–Kier alpha value is -0.910. The summed E-state index contributed by atoms with van der Waals surface area (Å²) in [7, 11) is 0. The number of amidine groups is 1. The van der Waals surface area contributed by atoms with E-state index < -0.39 is 0 Å². The van der Waals surface area contributed by atoms with Crippen LogP contribution < -0.4 is 11.5 Å². The van der Waals surface area contributed by atoms with Crippen molar-refractivity contribution in [1.29, 1.82) is 5.41 Å². The van der Waals surface area contributed by atoms with Crippen molar-refractivity contribution in [1.82, 2.24) is 0 Å². The zero-order valence-electron chi connectivity index (χ0n) is 6.45. The van der Waals surface area contributed by atoms with Crippen molar-refractivity contribution < 1.29 is 5.11 Å². The van der Waals surface area contributed by atoms with Gasteiger partial charge in [-0.15, -0.1) is 11.3 Å². The standard InChI is InChI=1S/C7H11N3OS/c8-5(2-11)6-1-4(3-12-6)7(9)10/h1,3,5,11H,2,8H2,(H3,9,10)/t5-/m1/s1. The highest BCUT2D eigenvalue weighted by molar-refractivity contribution is 7.10. The summed E-state index contributed by atoms with van der Waals surface area (Å²) in [6.45, 7) is -0.0855. The fourth-order valence-corrected chi connectivity index (χ4v) is 1.68. The third-order valence-electron chi connectivity index (χ3n) is 1.49. The van der Waals surface area contributed by atoms with Gasteiger partial charge in [-0.05, 0) is 6.07 Å². The molecular weight excluding hydrogens is 174 g/mol. The molecular formula is C7H11N3OS. The molecule has 1 heterocycles. The van der Waals surface area contributed by atoms with Gasteiger partial charge in [0.2, 0.25) is 0 Å². The predicted octanol–water partition coefficient (Wildman–Crippen LogP) is 0.0243. The topological polar surface area (TPSA) is 96.1 Å². The van der Waals surface area contributed by atoms with Gasteiger partial charge in [-0.25, -0.2) is 0 Å². The van der Waals surface area contributed by atoms with Crippen LogP contribution in [0.2, 0.25) is 0 Å². The van der Waals surface area contributed by atoms with E-state index in [9.17, 15) is 0 Å². The van der Waals surface area contributed by atoms with Crippen LogP contribution in [0.25, 0.3) is 0 Å². The summed E-state index contributed by atoms with van der Waals surface area (Å²) in [5.74, 6) is 0.0302. The van der Waals surface area contributed by atoms with Gasteiger partial charge in [0.15, 0.2) is 0 Å². The number of hydrogen-bond donors (Lipinski definition) is 4. The molecule has 0 aliphatic carbocycles. The van der Waals surface area contributed by atoms with E-state index in [2.05, 4.69) is 0 Å². The molecule has 1 rings (SSSR count). The molecule has 0 fully saturated rings. The van der Waals surface area contributed by atoms with Crippen molar-refractivity contribution in [3.63, 3.8) is 0 Å². The van der Waals surface area contributed by atoms with E-state index in [1.807, 2.05) is 0 Å². The molecule has 0 unspecified atom stereocenters. The molecule has 0 saturated carbocycles. The largest absolute Gasteiger partial charge is 0.394 e. The van der Waals surface area contributed by atoms with Gasteiger partial charge in [-0.1, -0.05) is 0 Å². The predicted molar refractivity (Wildman–Crippen MR) is 49.3 cm³/mol. The van der Waals surface area contributed by atoms with E-state index in [-0.39, 0.29) is 18.5 Å². The van der Waals surface area contributed by atoms with Crippen LogP contribution in [-0.2, 0) is 0 Å². The third kappa shape index (κ3) is 1.82. The summed E-state index contributed by atoms with van der Waals surface area (Å²) in [4.78, 5) is 0.850. The van der Waals surface area contributed by atoms with Crippen LogP contribution in [0.4, 0.5) is 0 Å². The molecule has 5 heteroatoms.